The maximum absolute atomic E-state index is 10.7. The molecule has 11 heavy (non-hydrogen) atoms. The quantitative estimate of drug-likeness (QED) is 0.843. The molecule has 1 amide bonds. The summed E-state index contributed by atoms with van der Waals surface area (Å²) in [6.07, 6.45) is 0. The lowest BCUT2D eigenvalue weighted by Crippen LogP contribution is -2.10. The van der Waals surface area contributed by atoms with Crippen molar-refractivity contribution >= 4 is 36.0 Å². The number of amides is 1. The molecule has 1 aromatic carbocycles. The fourth-order valence-electron chi connectivity index (χ4n) is 0.697. The molecule has 0 spiro atoms. The van der Waals surface area contributed by atoms with Gasteiger partial charge < -0.3 is 5.73 Å². The van der Waals surface area contributed by atoms with E-state index in [1.165, 1.54) is 0 Å². The van der Waals surface area contributed by atoms with Gasteiger partial charge in [-0.25, -0.2) is 0 Å². The lowest BCUT2D eigenvalue weighted by atomic mass is 10.2. The van der Waals surface area contributed by atoms with Crippen LogP contribution in [0.25, 0.3) is 0 Å². The Balaban J connectivity index is 3.01. The van der Waals surface area contributed by atoms with Gasteiger partial charge >= 0.3 is 0 Å². The Morgan fingerprint density at radius 2 is 2.27 bits per heavy atom. The Bertz CT molecular complexity index is 277. The number of benzene rings is 1. The topological polar surface area (TPSA) is 43.1 Å². The molecule has 0 saturated heterocycles. The number of hydrogen-bond donors (Lipinski definition) is 1. The Labute approximate surface area is 81.1 Å². The van der Waals surface area contributed by atoms with Crippen molar-refractivity contribution in [1.29, 1.82) is 0 Å². The number of carbonyl (C=O) groups is 1. The minimum absolute atomic E-state index is 0.377. The third-order valence-corrected chi connectivity index (χ3v) is 3.17. The van der Waals surface area contributed by atoms with Crippen molar-refractivity contribution in [3.63, 3.8) is 0 Å². The average Bonchev–Trinajstić information content (AvgIpc) is 2.05. The van der Waals surface area contributed by atoms with Crippen LogP contribution in [0.1, 0.15) is 10.4 Å². The first-order valence-electron chi connectivity index (χ1n) is 2.92. The van der Waals surface area contributed by atoms with Crippen molar-refractivity contribution in [2.24, 2.45) is 5.73 Å². The molecule has 2 nitrogen and oxygen atoms in total. The van der Waals surface area contributed by atoms with Crippen LogP contribution >= 0.6 is 30.1 Å². The lowest BCUT2D eigenvalue weighted by molar-refractivity contribution is 0.1000. The molecule has 2 N–H and O–H groups in total. The van der Waals surface area contributed by atoms with Crippen LogP contribution in [-0.4, -0.2) is 5.91 Å². The molecule has 0 aliphatic rings. The predicted octanol–water partition coefficient (Wildman–Crippen LogP) is 2.23. The summed E-state index contributed by atoms with van der Waals surface area (Å²) < 4.78 is 0. The predicted molar refractivity (Wildman–Crippen MR) is 54.8 cm³/mol. The van der Waals surface area contributed by atoms with E-state index in [1.807, 2.05) is 12.1 Å². The summed E-state index contributed by atoms with van der Waals surface area (Å²) in [5.41, 5.74) is 5.65. The Hall–Kier alpha value is -0.230. The molecule has 0 aromatic heterocycles. The average molecular weight is 279 g/mol. The van der Waals surface area contributed by atoms with Crippen LogP contribution in [0.5, 0.6) is 0 Å². The van der Waals surface area contributed by atoms with E-state index >= 15 is 0 Å². The molecule has 0 saturated carbocycles. The molecule has 0 fully saturated rings. The first-order valence-corrected chi connectivity index (χ1v) is 6.28. The zero-order chi connectivity index (χ0) is 8.27. The van der Waals surface area contributed by atoms with Gasteiger partial charge in [-0.2, -0.15) is 0 Å². The number of hydrogen-bond acceptors (Lipinski definition) is 2. The summed E-state index contributed by atoms with van der Waals surface area (Å²) in [5, 5.41) is 0. The monoisotopic (exact) mass is 279 g/mol. The van der Waals surface area contributed by atoms with E-state index in [9.17, 15) is 4.79 Å². The zero-order valence-electron chi connectivity index (χ0n) is 5.58. The molecule has 0 aliphatic carbocycles. The van der Waals surface area contributed by atoms with Crippen LogP contribution in [0.2, 0.25) is 0 Å². The molecule has 0 radical (unpaired) electrons. The summed E-state index contributed by atoms with van der Waals surface area (Å²) in [4.78, 5) is 11.7. The number of carbonyl (C=O) groups excluding carboxylic acids is 1. The van der Waals surface area contributed by atoms with Crippen molar-refractivity contribution in [2.75, 3.05) is 0 Å². The van der Waals surface area contributed by atoms with Gasteiger partial charge in [-0.15, -0.1) is 0 Å². The van der Waals surface area contributed by atoms with Gasteiger partial charge in [0, 0.05) is 31.7 Å². The molecular formula is C7H6INOS. The first kappa shape index (κ1) is 8.86. The maximum Gasteiger partial charge on any atom is 0.248 e. The van der Waals surface area contributed by atoms with Crippen molar-refractivity contribution < 1.29 is 4.79 Å². The molecule has 1 aromatic rings. The second-order valence-corrected chi connectivity index (χ2v) is 3.92. The normalized spacial score (nSPS) is 9.55. The van der Waals surface area contributed by atoms with Crippen LogP contribution in [0.4, 0.5) is 0 Å². The van der Waals surface area contributed by atoms with Gasteiger partial charge in [-0.1, -0.05) is 15.0 Å². The highest BCUT2D eigenvalue weighted by Crippen LogP contribution is 2.25. The lowest BCUT2D eigenvalue weighted by Gasteiger charge is -1.96. The van der Waals surface area contributed by atoms with Gasteiger partial charge in [0.05, 0.1) is 0 Å². The van der Waals surface area contributed by atoms with E-state index in [4.69, 9.17) is 5.73 Å². The fraction of sp³-hybridized carbons (Fsp3) is 0. The molecular weight excluding hydrogens is 273 g/mol. The van der Waals surface area contributed by atoms with Gasteiger partial charge in [0.2, 0.25) is 5.91 Å². The van der Waals surface area contributed by atoms with Crippen molar-refractivity contribution in [1.82, 2.24) is 0 Å². The Kier molecular flexibility index (Phi) is 3.19. The highest BCUT2D eigenvalue weighted by molar-refractivity contribution is 14.2. The minimum atomic E-state index is -0.377. The second kappa shape index (κ2) is 3.96. The summed E-state index contributed by atoms with van der Waals surface area (Å²) in [7, 11) is 1.56. The SMILES string of the molecule is NC(=O)c1cccc(SI)c1. The minimum Gasteiger partial charge on any atom is -0.366 e. The molecule has 58 valence electrons. The van der Waals surface area contributed by atoms with E-state index in [1.54, 1.807) is 21.1 Å². The smallest absolute Gasteiger partial charge is 0.248 e. The summed E-state index contributed by atoms with van der Waals surface area (Å²) in [5.74, 6) is -0.377. The van der Waals surface area contributed by atoms with Crippen LogP contribution in [0.15, 0.2) is 29.2 Å². The largest absolute Gasteiger partial charge is 0.366 e. The Morgan fingerprint density at radius 3 is 2.82 bits per heavy atom. The van der Waals surface area contributed by atoms with E-state index in [-0.39, 0.29) is 5.91 Å². The molecule has 1 rings (SSSR count). The van der Waals surface area contributed by atoms with E-state index in [2.05, 4.69) is 21.2 Å². The molecule has 4 heteroatoms. The second-order valence-electron chi connectivity index (χ2n) is 1.97. The van der Waals surface area contributed by atoms with Gasteiger partial charge in [0.25, 0.3) is 0 Å². The third-order valence-electron chi connectivity index (χ3n) is 1.21. The highest BCUT2D eigenvalue weighted by atomic mass is 127. The van der Waals surface area contributed by atoms with Crippen LogP contribution in [-0.2, 0) is 0 Å². The highest BCUT2D eigenvalue weighted by Gasteiger charge is 1.99. The Morgan fingerprint density at radius 1 is 1.55 bits per heavy atom. The van der Waals surface area contributed by atoms with Crippen molar-refractivity contribution in [3.05, 3.63) is 29.8 Å². The van der Waals surface area contributed by atoms with Gasteiger partial charge in [-0.3, -0.25) is 4.79 Å². The zero-order valence-corrected chi connectivity index (χ0v) is 8.56. The fourth-order valence-corrected chi connectivity index (χ4v) is 1.82. The first-order chi connectivity index (χ1) is 5.24. The number of primary amides is 1. The number of halogens is 1. The number of rotatable bonds is 2. The molecule has 0 heterocycles. The van der Waals surface area contributed by atoms with E-state index < -0.39 is 0 Å². The summed E-state index contributed by atoms with van der Waals surface area (Å²) in [6.45, 7) is 0. The maximum atomic E-state index is 10.7. The molecule has 0 atom stereocenters. The van der Waals surface area contributed by atoms with Gasteiger partial charge in [0.15, 0.2) is 0 Å². The molecule has 0 aliphatic heterocycles. The van der Waals surface area contributed by atoms with Gasteiger partial charge in [-0.05, 0) is 18.2 Å². The van der Waals surface area contributed by atoms with Crippen LogP contribution in [0, 0.1) is 0 Å². The number of nitrogens with two attached hydrogens (primary N) is 1. The van der Waals surface area contributed by atoms with Gasteiger partial charge in [0.1, 0.15) is 0 Å². The van der Waals surface area contributed by atoms with Crippen molar-refractivity contribution in [3.8, 4) is 0 Å². The molecule has 0 bridgehead atoms. The molecule has 0 unspecified atom stereocenters. The summed E-state index contributed by atoms with van der Waals surface area (Å²) in [6, 6.07) is 7.24. The van der Waals surface area contributed by atoms with E-state index in [0.717, 1.165) is 4.90 Å². The third kappa shape index (κ3) is 2.37. The van der Waals surface area contributed by atoms with Crippen LogP contribution < -0.4 is 5.73 Å². The van der Waals surface area contributed by atoms with E-state index in [0.29, 0.717) is 5.56 Å². The van der Waals surface area contributed by atoms with Crippen LogP contribution in [0.3, 0.4) is 0 Å². The standard InChI is InChI=1S/C7H6INOS/c8-11-6-3-1-2-5(4-6)7(9)10/h1-4H,(H2,9,10). The summed E-state index contributed by atoms with van der Waals surface area (Å²) >= 11 is 2.16. The van der Waals surface area contributed by atoms with Crippen molar-refractivity contribution in [2.45, 2.75) is 4.90 Å².